The summed E-state index contributed by atoms with van der Waals surface area (Å²) in [6.45, 7) is 5.12. The molecule has 8 nitrogen and oxygen atoms in total. The summed E-state index contributed by atoms with van der Waals surface area (Å²) in [6.07, 6.45) is -1.45. The van der Waals surface area contributed by atoms with Crippen LogP contribution < -0.4 is 5.32 Å². The second kappa shape index (κ2) is 10.4. The maximum atomic E-state index is 12.5. The number of rotatable bonds is 9. The van der Waals surface area contributed by atoms with E-state index in [0.717, 1.165) is 17.9 Å². The third-order valence-corrected chi connectivity index (χ3v) is 4.88. The average molecular weight is 464 g/mol. The first-order valence-electron chi connectivity index (χ1n) is 10.2. The molecule has 3 heterocycles. The number of hydrogen-bond acceptors (Lipinski definition) is 7. The first-order valence-corrected chi connectivity index (χ1v) is 10.2. The highest BCUT2D eigenvalue weighted by atomic mass is 19.4. The van der Waals surface area contributed by atoms with Gasteiger partial charge >= 0.3 is 18.1 Å². The second-order valence-electron chi connectivity index (χ2n) is 7.44. The van der Waals surface area contributed by atoms with E-state index < -0.39 is 18.1 Å². The molecule has 11 heteroatoms. The van der Waals surface area contributed by atoms with Gasteiger partial charge in [0.25, 0.3) is 0 Å². The number of hydrogen-bond donors (Lipinski definition) is 1. The number of aryl methyl sites for hydroxylation is 1. The molecule has 0 fully saturated rings. The Morgan fingerprint density at radius 3 is 2.55 bits per heavy atom. The van der Waals surface area contributed by atoms with Crippen molar-refractivity contribution in [3.8, 4) is 11.3 Å². The van der Waals surface area contributed by atoms with Crippen molar-refractivity contribution in [3.63, 3.8) is 0 Å². The summed E-state index contributed by atoms with van der Waals surface area (Å²) in [7, 11) is 0. The van der Waals surface area contributed by atoms with Crippen molar-refractivity contribution in [1.29, 1.82) is 0 Å². The standard InChI is InChI=1S/C22H23F3N4O4/c1-14(19-4-3-15(2)32-19)5-8-27-11-12-29-18(20(30)33-21(31)22(23,24)25)13-17(28-29)16-6-9-26-10-7-16/h3-4,6-7,9-10,13-14,27H,5,8,11-12H2,1-2H3. The molecule has 0 bridgehead atoms. The predicted molar refractivity (Wildman–Crippen MR) is 111 cm³/mol. The Hall–Kier alpha value is -3.47. The van der Waals surface area contributed by atoms with Crippen molar-refractivity contribution >= 4 is 11.9 Å². The number of esters is 2. The van der Waals surface area contributed by atoms with Crippen LogP contribution in [-0.4, -0.2) is 46.0 Å². The third-order valence-electron chi connectivity index (χ3n) is 4.88. The smallest absolute Gasteiger partial charge is 0.466 e. The Labute approximate surface area is 187 Å². The second-order valence-corrected chi connectivity index (χ2v) is 7.44. The molecule has 0 aliphatic carbocycles. The number of furan rings is 1. The van der Waals surface area contributed by atoms with E-state index in [2.05, 4.69) is 20.1 Å². The average Bonchev–Trinajstić information content (AvgIpc) is 3.40. The third kappa shape index (κ3) is 6.51. The van der Waals surface area contributed by atoms with E-state index in [4.69, 9.17) is 4.42 Å². The molecule has 0 amide bonds. The van der Waals surface area contributed by atoms with Gasteiger partial charge in [0.1, 0.15) is 17.2 Å². The number of ether oxygens (including phenoxy) is 1. The zero-order valence-corrected chi connectivity index (χ0v) is 18.1. The number of carbonyl (C=O) groups is 2. The number of nitrogens with one attached hydrogen (secondary N) is 1. The van der Waals surface area contributed by atoms with Crippen molar-refractivity contribution in [2.45, 2.75) is 38.9 Å². The molecule has 3 aromatic heterocycles. The number of alkyl halides is 3. The molecule has 176 valence electrons. The highest BCUT2D eigenvalue weighted by Crippen LogP contribution is 2.22. The summed E-state index contributed by atoms with van der Waals surface area (Å²) in [5, 5.41) is 7.50. The molecule has 0 saturated carbocycles. The topological polar surface area (TPSA) is 99.3 Å². The van der Waals surface area contributed by atoms with Gasteiger partial charge in [-0.05, 0) is 50.2 Å². The molecule has 0 spiro atoms. The van der Waals surface area contributed by atoms with Gasteiger partial charge in [0.15, 0.2) is 0 Å². The zero-order valence-electron chi connectivity index (χ0n) is 18.1. The fourth-order valence-electron chi connectivity index (χ4n) is 3.10. The minimum Gasteiger partial charge on any atom is -0.466 e. The van der Waals surface area contributed by atoms with Crippen molar-refractivity contribution in [2.75, 3.05) is 13.1 Å². The molecule has 33 heavy (non-hydrogen) atoms. The summed E-state index contributed by atoms with van der Waals surface area (Å²) in [6, 6.07) is 8.39. The maximum Gasteiger partial charge on any atom is 0.491 e. The lowest BCUT2D eigenvalue weighted by Crippen LogP contribution is -2.29. The van der Waals surface area contributed by atoms with E-state index in [1.54, 1.807) is 12.1 Å². The van der Waals surface area contributed by atoms with Gasteiger partial charge in [-0.3, -0.25) is 9.67 Å². The maximum absolute atomic E-state index is 12.5. The van der Waals surface area contributed by atoms with Crippen LogP contribution in [0.3, 0.4) is 0 Å². The van der Waals surface area contributed by atoms with Crippen molar-refractivity contribution in [2.24, 2.45) is 0 Å². The van der Waals surface area contributed by atoms with Gasteiger partial charge in [-0.25, -0.2) is 9.59 Å². The molecular formula is C22H23F3N4O4. The van der Waals surface area contributed by atoms with Crippen molar-refractivity contribution < 1.29 is 31.9 Å². The van der Waals surface area contributed by atoms with E-state index >= 15 is 0 Å². The van der Waals surface area contributed by atoms with E-state index in [0.29, 0.717) is 24.3 Å². The zero-order chi connectivity index (χ0) is 24.0. The summed E-state index contributed by atoms with van der Waals surface area (Å²) in [5.41, 5.74) is 0.682. The number of nitrogens with zero attached hydrogens (tertiary/aromatic N) is 3. The van der Waals surface area contributed by atoms with Crippen LogP contribution in [0.5, 0.6) is 0 Å². The van der Waals surface area contributed by atoms with E-state index in [1.807, 2.05) is 26.0 Å². The SMILES string of the molecule is Cc1ccc(C(C)CCNCCn2nc(-c3ccncc3)cc2C(=O)OC(=O)C(F)(F)F)o1. The van der Waals surface area contributed by atoms with Crippen LogP contribution >= 0.6 is 0 Å². The molecule has 0 aromatic carbocycles. The van der Waals surface area contributed by atoms with Gasteiger partial charge < -0.3 is 14.5 Å². The van der Waals surface area contributed by atoms with E-state index in [9.17, 15) is 22.8 Å². The van der Waals surface area contributed by atoms with Crippen molar-refractivity contribution in [1.82, 2.24) is 20.1 Å². The number of halogens is 3. The van der Waals surface area contributed by atoms with Gasteiger partial charge in [0.2, 0.25) is 0 Å². The Kier molecular flexibility index (Phi) is 7.64. The molecule has 1 N–H and O–H groups in total. The number of carbonyl (C=O) groups excluding carboxylic acids is 2. The Balaban J connectivity index is 1.64. The molecule has 1 atom stereocenters. The monoisotopic (exact) mass is 464 g/mol. The lowest BCUT2D eigenvalue weighted by Gasteiger charge is -2.11. The van der Waals surface area contributed by atoms with Gasteiger partial charge in [-0.2, -0.15) is 18.3 Å². The van der Waals surface area contributed by atoms with Crippen LogP contribution in [0.1, 0.15) is 41.3 Å². The molecule has 0 aliphatic heterocycles. The quantitative estimate of drug-likeness (QED) is 0.292. The highest BCUT2D eigenvalue weighted by Gasteiger charge is 2.43. The summed E-state index contributed by atoms with van der Waals surface area (Å²) in [4.78, 5) is 27.2. The molecule has 0 aliphatic rings. The van der Waals surface area contributed by atoms with Crippen molar-refractivity contribution in [3.05, 3.63) is 59.9 Å². The van der Waals surface area contributed by atoms with Crippen LogP contribution in [0.25, 0.3) is 11.3 Å². The lowest BCUT2D eigenvalue weighted by molar-refractivity contribution is -0.193. The van der Waals surface area contributed by atoms with Crippen LogP contribution in [0.2, 0.25) is 0 Å². The first kappa shape index (κ1) is 24.2. The largest absolute Gasteiger partial charge is 0.491 e. The van der Waals surface area contributed by atoms with Crippen LogP contribution in [0, 0.1) is 6.92 Å². The molecule has 0 radical (unpaired) electrons. The van der Waals surface area contributed by atoms with Gasteiger partial charge in [0.05, 0.1) is 12.2 Å². The minimum atomic E-state index is -5.28. The van der Waals surface area contributed by atoms with E-state index in [1.165, 1.54) is 23.1 Å². The van der Waals surface area contributed by atoms with E-state index in [-0.39, 0.29) is 18.2 Å². The molecule has 1 unspecified atom stereocenters. The fraction of sp³-hybridized carbons (Fsp3) is 0.364. The Morgan fingerprint density at radius 2 is 1.91 bits per heavy atom. The normalized spacial score (nSPS) is 12.5. The molecular weight excluding hydrogens is 441 g/mol. The minimum absolute atomic E-state index is 0.171. The lowest BCUT2D eigenvalue weighted by atomic mass is 10.1. The summed E-state index contributed by atoms with van der Waals surface area (Å²) < 4.78 is 48.3. The van der Waals surface area contributed by atoms with Crippen LogP contribution in [-0.2, 0) is 16.1 Å². The predicted octanol–water partition coefficient (Wildman–Crippen LogP) is 3.88. The van der Waals surface area contributed by atoms with Crippen LogP contribution in [0.15, 0.2) is 47.1 Å². The van der Waals surface area contributed by atoms with Crippen LogP contribution in [0.4, 0.5) is 13.2 Å². The molecule has 3 aromatic rings. The highest BCUT2D eigenvalue weighted by molar-refractivity contribution is 5.97. The number of aromatic nitrogens is 3. The van der Waals surface area contributed by atoms with Gasteiger partial charge in [-0.1, -0.05) is 6.92 Å². The summed E-state index contributed by atoms with van der Waals surface area (Å²) in [5.74, 6) is -2.06. The van der Waals surface area contributed by atoms with Gasteiger partial charge in [0, 0.05) is 30.4 Å². The molecule has 3 rings (SSSR count). The Morgan fingerprint density at radius 1 is 1.18 bits per heavy atom. The summed E-state index contributed by atoms with van der Waals surface area (Å²) >= 11 is 0. The first-order chi connectivity index (χ1) is 15.6. The fourth-order valence-corrected chi connectivity index (χ4v) is 3.10. The number of pyridine rings is 1. The molecule has 0 saturated heterocycles. The Bertz CT molecular complexity index is 1090. The van der Waals surface area contributed by atoms with Gasteiger partial charge in [-0.15, -0.1) is 0 Å².